The topological polar surface area (TPSA) is 29.9 Å². The lowest BCUT2D eigenvalue weighted by atomic mass is 10.1. The quantitative estimate of drug-likeness (QED) is 0.902. The molecule has 3 rings (SSSR count). The van der Waals surface area contributed by atoms with Crippen molar-refractivity contribution >= 4 is 22.6 Å². The van der Waals surface area contributed by atoms with Crippen molar-refractivity contribution in [3.8, 4) is 0 Å². The van der Waals surface area contributed by atoms with Crippen LogP contribution in [0.15, 0.2) is 18.2 Å². The van der Waals surface area contributed by atoms with Gasteiger partial charge in [0.05, 0.1) is 11.0 Å². The van der Waals surface area contributed by atoms with Crippen LogP contribution in [0.25, 0.3) is 11.0 Å². The molecule has 102 valence electrons. The lowest BCUT2D eigenvalue weighted by Gasteiger charge is -2.14. The summed E-state index contributed by atoms with van der Waals surface area (Å²) in [6.45, 7) is 6.35. The van der Waals surface area contributed by atoms with Gasteiger partial charge in [0.2, 0.25) is 0 Å². The van der Waals surface area contributed by atoms with E-state index in [1.54, 1.807) is 0 Å². The fourth-order valence-corrected chi connectivity index (χ4v) is 2.77. The highest BCUT2D eigenvalue weighted by molar-refractivity contribution is 6.31. The number of likely N-dealkylation sites (N-methyl/N-ethyl adjacent to an activating group) is 1. The minimum atomic E-state index is 0.423. The van der Waals surface area contributed by atoms with Crippen molar-refractivity contribution in [1.82, 2.24) is 14.9 Å². The second-order valence-electron chi connectivity index (χ2n) is 5.41. The van der Waals surface area contributed by atoms with Crippen molar-refractivity contribution in [2.45, 2.75) is 38.6 Å². The van der Waals surface area contributed by atoms with Gasteiger partial charge in [-0.25, -0.2) is 4.98 Å². The summed E-state index contributed by atoms with van der Waals surface area (Å²) in [5.74, 6) is 1.62. The zero-order valence-corrected chi connectivity index (χ0v) is 12.2. The van der Waals surface area contributed by atoms with Crippen LogP contribution in [0.4, 0.5) is 0 Å². The highest BCUT2D eigenvalue weighted by atomic mass is 35.5. The first kappa shape index (κ1) is 12.9. The monoisotopic (exact) mass is 277 g/mol. The molecule has 1 N–H and O–H groups in total. The molecule has 0 aliphatic heterocycles. The van der Waals surface area contributed by atoms with E-state index in [2.05, 4.69) is 29.8 Å². The Hall–Kier alpha value is -1.06. The zero-order chi connectivity index (χ0) is 13.4. The molecule has 0 saturated heterocycles. The molecular weight excluding hydrogens is 258 g/mol. The molecule has 1 atom stereocenters. The standard InChI is InChI=1S/C15H20ClN3/c1-3-17-9-10(2)15-18-13-8-11(16)4-7-14(13)19(15)12-5-6-12/h4,7-8,10,12,17H,3,5-6,9H2,1-2H3. The third-order valence-corrected chi connectivity index (χ3v) is 3.97. The number of halogens is 1. The van der Waals surface area contributed by atoms with Gasteiger partial charge in [-0.1, -0.05) is 25.4 Å². The van der Waals surface area contributed by atoms with Crippen LogP contribution < -0.4 is 5.32 Å². The van der Waals surface area contributed by atoms with Crippen molar-refractivity contribution in [2.75, 3.05) is 13.1 Å². The summed E-state index contributed by atoms with van der Waals surface area (Å²) in [5, 5.41) is 4.17. The van der Waals surface area contributed by atoms with E-state index in [-0.39, 0.29) is 0 Å². The Kier molecular flexibility index (Phi) is 3.50. The highest BCUT2D eigenvalue weighted by Gasteiger charge is 2.29. The van der Waals surface area contributed by atoms with Crippen LogP contribution in [0, 0.1) is 0 Å². The summed E-state index contributed by atoms with van der Waals surface area (Å²) in [4.78, 5) is 4.83. The third-order valence-electron chi connectivity index (χ3n) is 3.73. The Bertz CT molecular complexity index is 586. The van der Waals surface area contributed by atoms with E-state index in [1.165, 1.54) is 24.2 Å². The maximum Gasteiger partial charge on any atom is 0.114 e. The Morgan fingerprint density at radius 3 is 2.95 bits per heavy atom. The summed E-state index contributed by atoms with van der Waals surface area (Å²) in [5.41, 5.74) is 2.25. The Balaban J connectivity index is 2.04. The Labute approximate surface area is 119 Å². The first-order chi connectivity index (χ1) is 9.20. The molecule has 2 aromatic rings. The fourth-order valence-electron chi connectivity index (χ4n) is 2.61. The summed E-state index contributed by atoms with van der Waals surface area (Å²) in [6, 6.07) is 6.68. The van der Waals surface area contributed by atoms with Gasteiger partial charge in [0, 0.05) is 23.5 Å². The van der Waals surface area contributed by atoms with Crippen LogP contribution in [0.2, 0.25) is 5.02 Å². The van der Waals surface area contributed by atoms with E-state index in [9.17, 15) is 0 Å². The first-order valence-electron chi connectivity index (χ1n) is 7.08. The third kappa shape index (κ3) is 2.49. The Morgan fingerprint density at radius 1 is 1.47 bits per heavy atom. The molecule has 1 fully saturated rings. The predicted molar refractivity (Wildman–Crippen MR) is 80.0 cm³/mol. The van der Waals surface area contributed by atoms with Gasteiger partial charge >= 0.3 is 0 Å². The molecule has 4 heteroatoms. The number of hydrogen-bond acceptors (Lipinski definition) is 2. The van der Waals surface area contributed by atoms with Crippen molar-refractivity contribution in [1.29, 1.82) is 0 Å². The molecule has 0 radical (unpaired) electrons. The molecule has 1 aromatic carbocycles. The molecular formula is C15H20ClN3. The van der Waals surface area contributed by atoms with E-state index in [4.69, 9.17) is 16.6 Å². The maximum atomic E-state index is 6.08. The van der Waals surface area contributed by atoms with E-state index in [0.29, 0.717) is 12.0 Å². The summed E-state index contributed by atoms with van der Waals surface area (Å²) in [6.07, 6.45) is 2.55. The molecule has 1 unspecified atom stereocenters. The van der Waals surface area contributed by atoms with Gasteiger partial charge in [0.15, 0.2) is 0 Å². The number of nitrogens with zero attached hydrogens (tertiary/aromatic N) is 2. The van der Waals surface area contributed by atoms with Crippen LogP contribution in [-0.2, 0) is 0 Å². The average molecular weight is 278 g/mol. The SMILES string of the molecule is CCNCC(C)c1nc2cc(Cl)ccc2n1C1CC1. The fraction of sp³-hybridized carbons (Fsp3) is 0.533. The predicted octanol–water partition coefficient (Wildman–Crippen LogP) is 3.74. The van der Waals surface area contributed by atoms with Gasteiger partial charge in [-0.05, 0) is 37.6 Å². The number of nitrogens with one attached hydrogen (secondary N) is 1. The highest BCUT2D eigenvalue weighted by Crippen LogP contribution is 2.40. The molecule has 0 spiro atoms. The average Bonchev–Trinajstić information content (AvgIpc) is 3.16. The lowest BCUT2D eigenvalue weighted by Crippen LogP contribution is -2.21. The van der Waals surface area contributed by atoms with Crippen LogP contribution in [0.1, 0.15) is 44.5 Å². The maximum absolute atomic E-state index is 6.08. The first-order valence-corrected chi connectivity index (χ1v) is 7.46. The van der Waals surface area contributed by atoms with Crippen LogP contribution in [0.5, 0.6) is 0 Å². The van der Waals surface area contributed by atoms with Crippen molar-refractivity contribution in [3.63, 3.8) is 0 Å². The number of rotatable bonds is 5. The van der Waals surface area contributed by atoms with Gasteiger partial charge in [-0.2, -0.15) is 0 Å². The van der Waals surface area contributed by atoms with Gasteiger partial charge in [0.25, 0.3) is 0 Å². The molecule has 0 amide bonds. The number of benzene rings is 1. The minimum Gasteiger partial charge on any atom is -0.325 e. The summed E-state index contributed by atoms with van der Waals surface area (Å²) in [7, 11) is 0. The van der Waals surface area contributed by atoms with Crippen LogP contribution >= 0.6 is 11.6 Å². The molecule has 0 bridgehead atoms. The van der Waals surface area contributed by atoms with Gasteiger partial charge < -0.3 is 9.88 Å². The number of fused-ring (bicyclic) bond motifs is 1. The van der Waals surface area contributed by atoms with E-state index in [1.807, 2.05) is 12.1 Å². The van der Waals surface area contributed by atoms with Crippen molar-refractivity contribution in [3.05, 3.63) is 29.0 Å². The largest absolute Gasteiger partial charge is 0.325 e. The van der Waals surface area contributed by atoms with E-state index in [0.717, 1.165) is 23.6 Å². The lowest BCUT2D eigenvalue weighted by molar-refractivity contribution is 0.573. The normalized spacial score (nSPS) is 17.0. The van der Waals surface area contributed by atoms with Crippen LogP contribution in [0.3, 0.4) is 0 Å². The van der Waals surface area contributed by atoms with Gasteiger partial charge in [0.1, 0.15) is 5.82 Å². The van der Waals surface area contributed by atoms with E-state index < -0.39 is 0 Å². The summed E-state index contributed by atoms with van der Waals surface area (Å²) >= 11 is 6.08. The number of aromatic nitrogens is 2. The second-order valence-corrected chi connectivity index (χ2v) is 5.85. The van der Waals surface area contributed by atoms with E-state index >= 15 is 0 Å². The zero-order valence-electron chi connectivity index (χ0n) is 11.5. The molecule has 1 saturated carbocycles. The number of imidazole rings is 1. The molecule has 1 aliphatic carbocycles. The second kappa shape index (κ2) is 5.14. The number of hydrogen-bond donors (Lipinski definition) is 1. The molecule has 1 aromatic heterocycles. The van der Waals surface area contributed by atoms with Crippen molar-refractivity contribution in [2.24, 2.45) is 0 Å². The molecule has 1 heterocycles. The van der Waals surface area contributed by atoms with Gasteiger partial charge in [-0.15, -0.1) is 0 Å². The molecule has 1 aliphatic rings. The van der Waals surface area contributed by atoms with Gasteiger partial charge in [-0.3, -0.25) is 0 Å². The smallest absolute Gasteiger partial charge is 0.114 e. The van der Waals surface area contributed by atoms with Crippen LogP contribution in [-0.4, -0.2) is 22.6 Å². The molecule has 19 heavy (non-hydrogen) atoms. The Morgan fingerprint density at radius 2 is 2.26 bits per heavy atom. The molecule has 3 nitrogen and oxygen atoms in total. The minimum absolute atomic E-state index is 0.423. The summed E-state index contributed by atoms with van der Waals surface area (Å²) < 4.78 is 2.42. The van der Waals surface area contributed by atoms with Crippen molar-refractivity contribution < 1.29 is 0 Å².